The molecule has 0 radical (unpaired) electrons. The van der Waals surface area contributed by atoms with Crippen molar-refractivity contribution in [1.82, 2.24) is 14.3 Å². The van der Waals surface area contributed by atoms with E-state index in [2.05, 4.69) is 15.3 Å². The number of anilines is 3. The second kappa shape index (κ2) is 6.96. The number of hydrogen-bond acceptors (Lipinski definition) is 8. The predicted molar refractivity (Wildman–Crippen MR) is 113 cm³/mol. The minimum atomic E-state index is -3.24. The Kier molecular flexibility index (Phi) is 4.74. The minimum Gasteiger partial charge on any atom is -0.398 e. The molecular weight excluding hydrogens is 420 g/mol. The molecule has 146 valence electrons. The molecule has 0 saturated heterocycles. The summed E-state index contributed by atoms with van der Waals surface area (Å²) in [5.41, 5.74) is 8.48. The molecule has 11 heteroatoms. The van der Waals surface area contributed by atoms with Crippen LogP contribution in [-0.4, -0.2) is 41.7 Å². The van der Waals surface area contributed by atoms with Crippen LogP contribution in [0.5, 0.6) is 0 Å². The van der Waals surface area contributed by atoms with Gasteiger partial charge in [-0.05, 0) is 24.1 Å². The first kappa shape index (κ1) is 19.1. The summed E-state index contributed by atoms with van der Waals surface area (Å²) in [7, 11) is -3.24. The highest BCUT2D eigenvalue weighted by Gasteiger charge is 2.28. The van der Waals surface area contributed by atoms with Crippen LogP contribution in [0.2, 0.25) is 5.02 Å². The zero-order valence-electron chi connectivity index (χ0n) is 14.9. The highest BCUT2D eigenvalue weighted by molar-refractivity contribution is 7.88. The lowest BCUT2D eigenvalue weighted by Gasteiger charge is -2.24. The van der Waals surface area contributed by atoms with E-state index in [1.807, 2.05) is 0 Å². The summed E-state index contributed by atoms with van der Waals surface area (Å²) in [5.74, 6) is 0.595. The van der Waals surface area contributed by atoms with Crippen LogP contribution in [0.25, 0.3) is 10.2 Å². The highest BCUT2D eigenvalue weighted by Crippen LogP contribution is 2.39. The van der Waals surface area contributed by atoms with E-state index in [1.165, 1.54) is 34.4 Å². The average molecular weight is 437 g/mol. The lowest BCUT2D eigenvalue weighted by atomic mass is 10.1. The normalized spacial score (nSPS) is 14.8. The first-order valence-electron chi connectivity index (χ1n) is 8.35. The summed E-state index contributed by atoms with van der Waals surface area (Å²) in [5, 5.41) is 12.0. The van der Waals surface area contributed by atoms with E-state index in [1.54, 1.807) is 12.1 Å². The van der Waals surface area contributed by atoms with Crippen molar-refractivity contribution in [2.24, 2.45) is 0 Å². The molecule has 0 unspecified atom stereocenters. The molecule has 0 spiro atoms. The Morgan fingerprint density at radius 1 is 1.39 bits per heavy atom. The summed E-state index contributed by atoms with van der Waals surface area (Å²) >= 11 is 7.79. The van der Waals surface area contributed by atoms with E-state index in [4.69, 9.17) is 22.7 Å². The van der Waals surface area contributed by atoms with Crippen molar-refractivity contribution in [3.05, 3.63) is 39.5 Å². The smallest absolute Gasteiger partial charge is 0.211 e. The average Bonchev–Trinajstić information content (AvgIpc) is 3.01. The molecule has 2 aromatic heterocycles. The van der Waals surface area contributed by atoms with Gasteiger partial charge in [-0.25, -0.2) is 18.4 Å². The van der Waals surface area contributed by atoms with Gasteiger partial charge in [-0.3, -0.25) is 0 Å². The van der Waals surface area contributed by atoms with Gasteiger partial charge in [0.2, 0.25) is 10.0 Å². The van der Waals surface area contributed by atoms with Gasteiger partial charge in [0, 0.05) is 35.4 Å². The third-order valence-corrected chi connectivity index (χ3v) is 7.34. The summed E-state index contributed by atoms with van der Waals surface area (Å²) in [6, 6.07) is 3.29. The molecule has 3 heterocycles. The van der Waals surface area contributed by atoms with E-state index < -0.39 is 10.0 Å². The number of thiophene rings is 1. The van der Waals surface area contributed by atoms with Crippen molar-refractivity contribution in [3.8, 4) is 0 Å². The molecule has 8 nitrogen and oxygen atoms in total. The number of benzene rings is 1. The van der Waals surface area contributed by atoms with Gasteiger partial charge in [0.05, 0.1) is 22.4 Å². The summed E-state index contributed by atoms with van der Waals surface area (Å²) < 4.78 is 25.3. The van der Waals surface area contributed by atoms with E-state index in [9.17, 15) is 8.42 Å². The number of sulfonamides is 1. The zero-order valence-corrected chi connectivity index (χ0v) is 17.2. The van der Waals surface area contributed by atoms with Crippen LogP contribution >= 0.6 is 22.9 Å². The number of nitrogens with one attached hydrogen (secondary N) is 2. The zero-order chi connectivity index (χ0) is 20.1. The molecule has 0 atom stereocenters. The van der Waals surface area contributed by atoms with Gasteiger partial charge < -0.3 is 16.5 Å². The summed E-state index contributed by atoms with van der Waals surface area (Å²) in [4.78, 5) is 10.5. The van der Waals surface area contributed by atoms with Crippen molar-refractivity contribution in [2.75, 3.05) is 23.9 Å². The first-order chi connectivity index (χ1) is 13.3. The van der Waals surface area contributed by atoms with Crippen LogP contribution in [0.4, 0.5) is 17.2 Å². The number of nitrogen functional groups attached to an aromatic ring is 1. The maximum Gasteiger partial charge on any atom is 0.211 e. The fourth-order valence-electron chi connectivity index (χ4n) is 3.24. The van der Waals surface area contributed by atoms with E-state index in [0.29, 0.717) is 47.3 Å². The Morgan fingerprint density at radius 3 is 2.89 bits per heavy atom. The van der Waals surface area contributed by atoms with Crippen LogP contribution in [-0.2, 0) is 23.0 Å². The Bertz CT molecular complexity index is 1210. The molecule has 3 aromatic rings. The minimum absolute atomic E-state index is 0.342. The molecule has 28 heavy (non-hydrogen) atoms. The molecule has 1 aromatic carbocycles. The molecule has 0 saturated carbocycles. The van der Waals surface area contributed by atoms with E-state index in [0.717, 1.165) is 20.7 Å². The van der Waals surface area contributed by atoms with Crippen molar-refractivity contribution < 1.29 is 8.42 Å². The number of rotatable bonds is 4. The Morgan fingerprint density at radius 2 is 2.18 bits per heavy atom. The molecule has 0 fully saturated rings. The Balaban J connectivity index is 1.78. The van der Waals surface area contributed by atoms with E-state index in [-0.39, 0.29) is 0 Å². The van der Waals surface area contributed by atoms with E-state index >= 15 is 0 Å². The van der Waals surface area contributed by atoms with Gasteiger partial charge in [-0.2, -0.15) is 4.31 Å². The number of nitrogens with zero attached hydrogens (tertiary/aromatic N) is 3. The Labute approximate surface area is 170 Å². The lowest BCUT2D eigenvalue weighted by molar-refractivity contribution is 0.400. The third kappa shape index (κ3) is 3.32. The molecule has 1 aliphatic rings. The molecule has 1 aliphatic heterocycles. The molecule has 0 amide bonds. The summed E-state index contributed by atoms with van der Waals surface area (Å²) in [6.45, 7) is 0.766. The van der Waals surface area contributed by atoms with Gasteiger partial charge in [0.1, 0.15) is 17.0 Å². The molecule has 4 rings (SSSR count). The van der Waals surface area contributed by atoms with Gasteiger partial charge in [0.25, 0.3) is 0 Å². The number of aromatic nitrogens is 2. The van der Waals surface area contributed by atoms with Gasteiger partial charge in [0.15, 0.2) is 0 Å². The van der Waals surface area contributed by atoms with Crippen LogP contribution < -0.4 is 11.1 Å². The van der Waals surface area contributed by atoms with Crippen molar-refractivity contribution in [2.45, 2.75) is 13.0 Å². The number of hydrogen-bond donors (Lipinski definition) is 3. The fraction of sp³-hybridized carbons (Fsp3) is 0.235. The molecular formula is C17H17ClN6O2S2. The second-order valence-corrected chi connectivity index (χ2v) is 9.96. The third-order valence-electron chi connectivity index (χ3n) is 4.65. The first-order valence-corrected chi connectivity index (χ1v) is 11.4. The fourth-order valence-corrected chi connectivity index (χ4v) is 5.53. The van der Waals surface area contributed by atoms with Crippen molar-refractivity contribution in [1.29, 1.82) is 5.41 Å². The number of nitrogens with two attached hydrogens (primary N) is 1. The second-order valence-electron chi connectivity index (χ2n) is 6.48. The van der Waals surface area contributed by atoms with Crippen LogP contribution in [0.3, 0.4) is 0 Å². The van der Waals surface area contributed by atoms with Gasteiger partial charge in [-0.1, -0.05) is 11.6 Å². The topological polar surface area (TPSA) is 125 Å². The van der Waals surface area contributed by atoms with Gasteiger partial charge >= 0.3 is 0 Å². The van der Waals surface area contributed by atoms with Crippen LogP contribution in [0.15, 0.2) is 18.5 Å². The van der Waals surface area contributed by atoms with Crippen LogP contribution in [0.1, 0.15) is 16.0 Å². The van der Waals surface area contributed by atoms with Crippen LogP contribution in [0, 0.1) is 5.41 Å². The number of fused-ring (bicyclic) bond motifs is 3. The molecule has 0 aliphatic carbocycles. The Hall–Kier alpha value is -2.27. The molecule has 0 bridgehead atoms. The maximum absolute atomic E-state index is 11.9. The van der Waals surface area contributed by atoms with Crippen molar-refractivity contribution in [3.63, 3.8) is 0 Å². The van der Waals surface area contributed by atoms with Gasteiger partial charge in [-0.15, -0.1) is 11.3 Å². The SMILES string of the molecule is CS(=O)(=O)N1CCc2c(sc3ncnc(Nc4cc(C=N)c(N)cc4Cl)c23)C1. The predicted octanol–water partition coefficient (Wildman–Crippen LogP) is 2.99. The largest absolute Gasteiger partial charge is 0.398 e. The quantitative estimate of drug-likeness (QED) is 0.426. The number of halogens is 1. The monoisotopic (exact) mass is 436 g/mol. The highest BCUT2D eigenvalue weighted by atomic mass is 35.5. The maximum atomic E-state index is 11.9. The van der Waals surface area contributed by atoms with Crippen molar-refractivity contribution >= 4 is 66.6 Å². The lowest BCUT2D eigenvalue weighted by Crippen LogP contribution is -2.34. The summed E-state index contributed by atoms with van der Waals surface area (Å²) in [6.07, 6.45) is 4.44. The standard InChI is InChI=1S/C17H17ClN6O2S2/c1-28(25,26)24-3-2-10-14(7-24)27-17-15(10)16(21-8-22-17)23-13-4-9(6-19)12(20)5-11(13)18/h4-6,8,19H,2-3,7,20H2,1H3,(H,21,22,23). The molecule has 4 N–H and O–H groups in total.